The Kier molecular flexibility index (Phi) is 8.30. The summed E-state index contributed by atoms with van der Waals surface area (Å²) in [4.78, 5) is 15.0. The first-order chi connectivity index (χ1) is 14.7. The first-order valence-electron chi connectivity index (χ1n) is 10.3. The van der Waals surface area contributed by atoms with Gasteiger partial charge in [-0.2, -0.15) is 0 Å². The van der Waals surface area contributed by atoms with E-state index in [4.69, 9.17) is 14.2 Å². The first-order valence-corrected chi connectivity index (χ1v) is 10.3. The fourth-order valence-electron chi connectivity index (χ4n) is 3.44. The van der Waals surface area contributed by atoms with Crippen LogP contribution in [-0.4, -0.2) is 57.4 Å². The smallest absolute Gasteiger partial charge is 0.258 e. The number of hydrogen-bond donors (Lipinski definition) is 1. The summed E-state index contributed by atoms with van der Waals surface area (Å²) < 4.78 is 16.6. The molecule has 0 unspecified atom stereocenters. The van der Waals surface area contributed by atoms with Crippen molar-refractivity contribution in [2.75, 3.05) is 46.6 Å². The third-order valence-electron chi connectivity index (χ3n) is 4.99. The zero-order valence-corrected chi connectivity index (χ0v) is 17.7. The van der Waals surface area contributed by atoms with Crippen LogP contribution in [0.25, 0.3) is 6.08 Å². The molecule has 0 radical (unpaired) electrons. The number of benzene rings is 2. The van der Waals surface area contributed by atoms with E-state index in [9.17, 15) is 4.79 Å². The Bertz CT molecular complexity index is 832. The maximum absolute atomic E-state index is 12.7. The van der Waals surface area contributed by atoms with E-state index in [2.05, 4.69) is 10.2 Å². The zero-order chi connectivity index (χ0) is 21.2. The van der Waals surface area contributed by atoms with Gasteiger partial charge in [0, 0.05) is 19.6 Å². The fourth-order valence-corrected chi connectivity index (χ4v) is 3.44. The summed E-state index contributed by atoms with van der Waals surface area (Å²) in [7, 11) is 1.59. The standard InChI is InChI=1S/C24H30N2O4/c1-3-7-19-10-11-22(23(16-19)28-2)30-18-24(27)25-21(20-8-5-4-6-9-20)17-26-12-14-29-15-13-26/h3-11,16,21H,12-15,17-18H2,1-2H3,(H,25,27)/b7-3+/t21-/m1/s1. The number of carbonyl (C=O) groups excluding carboxylic acids is 1. The average Bonchev–Trinajstić information content (AvgIpc) is 2.79. The van der Waals surface area contributed by atoms with Crippen LogP contribution in [0.2, 0.25) is 0 Å². The molecule has 1 atom stereocenters. The van der Waals surface area contributed by atoms with E-state index < -0.39 is 0 Å². The Hall–Kier alpha value is -2.83. The van der Waals surface area contributed by atoms with E-state index in [1.54, 1.807) is 7.11 Å². The monoisotopic (exact) mass is 410 g/mol. The number of allylic oxidation sites excluding steroid dienone is 1. The lowest BCUT2D eigenvalue weighted by atomic mass is 10.1. The fraction of sp³-hybridized carbons (Fsp3) is 0.375. The highest BCUT2D eigenvalue weighted by atomic mass is 16.5. The molecule has 1 aliphatic rings. The van der Waals surface area contributed by atoms with Crippen molar-refractivity contribution in [2.24, 2.45) is 0 Å². The number of ether oxygens (including phenoxy) is 3. The Morgan fingerprint density at radius 1 is 1.17 bits per heavy atom. The second-order valence-corrected chi connectivity index (χ2v) is 7.14. The van der Waals surface area contributed by atoms with Gasteiger partial charge in [-0.25, -0.2) is 0 Å². The van der Waals surface area contributed by atoms with Crippen molar-refractivity contribution in [2.45, 2.75) is 13.0 Å². The van der Waals surface area contributed by atoms with Crippen LogP contribution in [0.5, 0.6) is 11.5 Å². The first kappa shape index (κ1) is 21.9. The van der Waals surface area contributed by atoms with Crippen LogP contribution < -0.4 is 14.8 Å². The summed E-state index contributed by atoms with van der Waals surface area (Å²) in [5, 5.41) is 3.12. The number of amides is 1. The van der Waals surface area contributed by atoms with Crippen LogP contribution in [0, 0.1) is 0 Å². The van der Waals surface area contributed by atoms with Gasteiger partial charge in [-0.15, -0.1) is 0 Å². The van der Waals surface area contributed by atoms with Gasteiger partial charge in [0.1, 0.15) is 0 Å². The molecule has 0 spiro atoms. The van der Waals surface area contributed by atoms with Gasteiger partial charge in [0.2, 0.25) is 0 Å². The molecule has 30 heavy (non-hydrogen) atoms. The van der Waals surface area contributed by atoms with Crippen LogP contribution >= 0.6 is 0 Å². The summed E-state index contributed by atoms with van der Waals surface area (Å²) in [5.41, 5.74) is 2.09. The number of rotatable bonds is 9. The van der Waals surface area contributed by atoms with Crippen molar-refractivity contribution >= 4 is 12.0 Å². The molecular formula is C24H30N2O4. The molecule has 6 heteroatoms. The van der Waals surface area contributed by atoms with E-state index in [0.29, 0.717) is 11.5 Å². The summed E-state index contributed by atoms with van der Waals surface area (Å²) in [6.07, 6.45) is 3.94. The molecule has 1 fully saturated rings. The molecule has 160 valence electrons. The van der Waals surface area contributed by atoms with Gasteiger partial charge in [0.25, 0.3) is 5.91 Å². The molecule has 2 aromatic rings. The van der Waals surface area contributed by atoms with Crippen LogP contribution in [0.3, 0.4) is 0 Å². The molecule has 3 rings (SSSR count). The molecule has 1 N–H and O–H groups in total. The van der Waals surface area contributed by atoms with Crippen molar-refractivity contribution in [3.05, 3.63) is 65.7 Å². The van der Waals surface area contributed by atoms with Crippen molar-refractivity contribution in [3.8, 4) is 11.5 Å². The molecule has 0 aliphatic carbocycles. The van der Waals surface area contributed by atoms with Crippen LogP contribution in [0.4, 0.5) is 0 Å². The van der Waals surface area contributed by atoms with Crippen molar-refractivity contribution in [1.29, 1.82) is 0 Å². The Labute approximate surface area is 178 Å². The molecule has 0 saturated carbocycles. The number of hydrogen-bond acceptors (Lipinski definition) is 5. The van der Waals surface area contributed by atoms with Crippen LogP contribution in [-0.2, 0) is 9.53 Å². The zero-order valence-electron chi connectivity index (χ0n) is 17.7. The van der Waals surface area contributed by atoms with Gasteiger partial charge in [-0.1, -0.05) is 48.6 Å². The molecular weight excluding hydrogens is 380 g/mol. The molecule has 1 saturated heterocycles. The quantitative estimate of drug-likeness (QED) is 0.687. The van der Waals surface area contributed by atoms with Gasteiger partial charge >= 0.3 is 0 Å². The molecule has 1 heterocycles. The predicted molar refractivity (Wildman–Crippen MR) is 118 cm³/mol. The van der Waals surface area contributed by atoms with E-state index in [1.165, 1.54) is 0 Å². The maximum Gasteiger partial charge on any atom is 0.258 e. The Balaban J connectivity index is 1.62. The summed E-state index contributed by atoms with van der Waals surface area (Å²) in [5.74, 6) is 0.980. The highest BCUT2D eigenvalue weighted by molar-refractivity contribution is 5.78. The lowest BCUT2D eigenvalue weighted by molar-refractivity contribution is -0.124. The number of nitrogens with one attached hydrogen (secondary N) is 1. The van der Waals surface area contributed by atoms with Crippen LogP contribution in [0.1, 0.15) is 24.1 Å². The minimum absolute atomic E-state index is 0.0776. The van der Waals surface area contributed by atoms with Gasteiger partial charge < -0.3 is 19.5 Å². The third kappa shape index (κ3) is 6.34. The van der Waals surface area contributed by atoms with E-state index >= 15 is 0 Å². The topological polar surface area (TPSA) is 60.0 Å². The summed E-state index contributed by atoms with van der Waals surface area (Å²) in [6, 6.07) is 15.6. The minimum Gasteiger partial charge on any atom is -0.493 e. The van der Waals surface area contributed by atoms with Gasteiger partial charge in [0.15, 0.2) is 18.1 Å². The van der Waals surface area contributed by atoms with E-state index in [-0.39, 0.29) is 18.6 Å². The van der Waals surface area contributed by atoms with Crippen LogP contribution in [0.15, 0.2) is 54.6 Å². The largest absolute Gasteiger partial charge is 0.493 e. The van der Waals surface area contributed by atoms with Gasteiger partial charge in [-0.05, 0) is 30.2 Å². The van der Waals surface area contributed by atoms with Crippen molar-refractivity contribution in [1.82, 2.24) is 10.2 Å². The predicted octanol–water partition coefficient (Wildman–Crippen LogP) is 3.30. The second kappa shape index (κ2) is 11.4. The summed E-state index contributed by atoms with van der Waals surface area (Å²) >= 11 is 0. The molecule has 1 aliphatic heterocycles. The van der Waals surface area contributed by atoms with E-state index in [1.807, 2.05) is 67.6 Å². The van der Waals surface area contributed by atoms with Gasteiger partial charge in [-0.3, -0.25) is 9.69 Å². The maximum atomic E-state index is 12.7. The summed E-state index contributed by atoms with van der Waals surface area (Å²) in [6.45, 7) is 5.80. The highest BCUT2D eigenvalue weighted by Crippen LogP contribution is 2.28. The minimum atomic E-state index is -0.170. The van der Waals surface area contributed by atoms with Crippen molar-refractivity contribution in [3.63, 3.8) is 0 Å². The molecule has 0 bridgehead atoms. The Morgan fingerprint density at radius 3 is 2.63 bits per heavy atom. The van der Waals surface area contributed by atoms with Crippen molar-refractivity contribution < 1.29 is 19.0 Å². The highest BCUT2D eigenvalue weighted by Gasteiger charge is 2.20. The molecule has 6 nitrogen and oxygen atoms in total. The second-order valence-electron chi connectivity index (χ2n) is 7.14. The normalized spacial score (nSPS) is 15.7. The van der Waals surface area contributed by atoms with E-state index in [0.717, 1.165) is 44.0 Å². The third-order valence-corrected chi connectivity index (χ3v) is 4.99. The molecule has 0 aromatic heterocycles. The number of nitrogens with zero attached hydrogens (tertiary/aromatic N) is 1. The number of carbonyl (C=O) groups is 1. The Morgan fingerprint density at radius 2 is 1.93 bits per heavy atom. The average molecular weight is 411 g/mol. The van der Waals surface area contributed by atoms with Gasteiger partial charge in [0.05, 0.1) is 26.4 Å². The lowest BCUT2D eigenvalue weighted by Crippen LogP contribution is -2.44. The SMILES string of the molecule is C/C=C/c1ccc(OCC(=O)N[C@H](CN2CCOCC2)c2ccccc2)c(OC)c1. The number of methoxy groups -OCH3 is 1. The number of morpholine rings is 1. The molecule has 2 aromatic carbocycles. The lowest BCUT2D eigenvalue weighted by Gasteiger charge is -2.31. The molecule has 1 amide bonds.